The van der Waals surface area contributed by atoms with Gasteiger partial charge in [-0.25, -0.2) is 21.8 Å². The van der Waals surface area contributed by atoms with Crippen LogP contribution in [-0.2, 0) is 19.9 Å². The molecule has 0 aliphatic carbocycles. The van der Waals surface area contributed by atoms with E-state index in [1.807, 2.05) is 0 Å². The van der Waals surface area contributed by atoms with E-state index in [0.717, 1.165) is 0 Å². The van der Waals surface area contributed by atoms with Gasteiger partial charge >= 0.3 is 0 Å². The lowest BCUT2D eigenvalue weighted by atomic mass is 10.3. The lowest BCUT2D eigenvalue weighted by molar-refractivity contribution is 0.353. The molecule has 0 saturated carbocycles. The maximum absolute atomic E-state index is 12.4. The molecule has 1 atom stereocenters. The third-order valence-electron chi connectivity index (χ3n) is 3.19. The number of H-pyrrole nitrogens is 1. The van der Waals surface area contributed by atoms with E-state index in [0.29, 0.717) is 12.2 Å². The van der Waals surface area contributed by atoms with Gasteiger partial charge < -0.3 is 4.98 Å². The highest BCUT2D eigenvalue weighted by molar-refractivity contribution is 7.92. The largest absolute Gasteiger partial charge is 0.332 e. The number of hydrogen-bond acceptors (Lipinski definition) is 5. The molecule has 1 fully saturated rings. The Morgan fingerprint density at radius 3 is 2.63 bits per heavy atom. The van der Waals surface area contributed by atoms with Crippen LogP contribution in [0.1, 0.15) is 19.2 Å². The molecule has 0 spiro atoms. The summed E-state index contributed by atoms with van der Waals surface area (Å²) in [5.41, 5.74) is 0. The van der Waals surface area contributed by atoms with E-state index in [2.05, 4.69) is 9.97 Å². The number of nitrogens with zero attached hydrogens (tertiary/aromatic N) is 2. The van der Waals surface area contributed by atoms with E-state index in [-0.39, 0.29) is 23.1 Å². The first kappa shape index (κ1) is 14.5. The summed E-state index contributed by atoms with van der Waals surface area (Å²) in [4.78, 5) is 6.56. The SMILES string of the molecule is CCN(C1CCS(=O)(=O)C1)S(=O)(=O)c1cnc(C)[nH]1. The van der Waals surface area contributed by atoms with Crippen LogP contribution >= 0.6 is 0 Å². The van der Waals surface area contributed by atoms with Gasteiger partial charge in [0.15, 0.2) is 14.9 Å². The molecule has 1 N–H and O–H groups in total. The highest BCUT2D eigenvalue weighted by Gasteiger charge is 2.38. The molecular formula is C10H17N3O4S2. The molecule has 0 bridgehead atoms. The molecule has 2 rings (SSSR count). The summed E-state index contributed by atoms with van der Waals surface area (Å²) >= 11 is 0. The first-order chi connectivity index (χ1) is 8.76. The number of sulfone groups is 1. The molecule has 0 aromatic carbocycles. The second-order valence-electron chi connectivity index (χ2n) is 4.60. The number of nitrogens with one attached hydrogen (secondary N) is 1. The van der Waals surface area contributed by atoms with Gasteiger partial charge in [-0.1, -0.05) is 6.92 Å². The number of aryl methyl sites for hydroxylation is 1. The van der Waals surface area contributed by atoms with Crippen molar-refractivity contribution in [1.29, 1.82) is 0 Å². The fourth-order valence-corrected chi connectivity index (χ4v) is 5.74. The summed E-state index contributed by atoms with van der Waals surface area (Å²) in [6, 6.07) is -0.483. The minimum absolute atomic E-state index is 0.0103. The maximum atomic E-state index is 12.4. The van der Waals surface area contributed by atoms with Gasteiger partial charge in [-0.15, -0.1) is 0 Å². The van der Waals surface area contributed by atoms with Crippen LogP contribution in [0.4, 0.5) is 0 Å². The van der Waals surface area contributed by atoms with Crippen molar-refractivity contribution >= 4 is 19.9 Å². The van der Waals surface area contributed by atoms with Crippen LogP contribution in [0.15, 0.2) is 11.2 Å². The molecule has 7 nitrogen and oxygen atoms in total. The molecular weight excluding hydrogens is 290 g/mol. The van der Waals surface area contributed by atoms with Crippen molar-refractivity contribution < 1.29 is 16.8 Å². The summed E-state index contributed by atoms with van der Waals surface area (Å²) in [7, 11) is -6.83. The molecule has 19 heavy (non-hydrogen) atoms. The van der Waals surface area contributed by atoms with Gasteiger partial charge in [0.1, 0.15) is 5.82 Å². The normalized spacial score (nSPS) is 23.0. The van der Waals surface area contributed by atoms with Gasteiger partial charge in [-0.3, -0.25) is 0 Å². The van der Waals surface area contributed by atoms with E-state index in [1.165, 1.54) is 10.5 Å². The summed E-state index contributed by atoms with van der Waals surface area (Å²) in [6.07, 6.45) is 1.61. The fourth-order valence-electron chi connectivity index (χ4n) is 2.28. The second kappa shape index (κ2) is 4.88. The van der Waals surface area contributed by atoms with Gasteiger partial charge in [-0.05, 0) is 13.3 Å². The van der Waals surface area contributed by atoms with Crippen LogP contribution in [0.25, 0.3) is 0 Å². The lowest BCUT2D eigenvalue weighted by Gasteiger charge is -2.24. The Morgan fingerprint density at radius 1 is 1.53 bits per heavy atom. The maximum Gasteiger partial charge on any atom is 0.260 e. The van der Waals surface area contributed by atoms with E-state index < -0.39 is 25.9 Å². The molecule has 1 unspecified atom stereocenters. The van der Waals surface area contributed by atoms with Crippen LogP contribution in [0.3, 0.4) is 0 Å². The van der Waals surface area contributed by atoms with Crippen molar-refractivity contribution in [3.63, 3.8) is 0 Å². The molecule has 108 valence electrons. The highest BCUT2D eigenvalue weighted by Crippen LogP contribution is 2.23. The third kappa shape index (κ3) is 2.82. The topological polar surface area (TPSA) is 100 Å². The summed E-state index contributed by atoms with van der Waals surface area (Å²) in [5, 5.41) is 0.0103. The van der Waals surface area contributed by atoms with Gasteiger partial charge in [0, 0.05) is 12.6 Å². The second-order valence-corrected chi connectivity index (χ2v) is 8.69. The smallest absolute Gasteiger partial charge is 0.260 e. The molecule has 1 aromatic heterocycles. The Balaban J connectivity index is 2.32. The molecule has 0 amide bonds. The van der Waals surface area contributed by atoms with Crippen molar-refractivity contribution in [1.82, 2.24) is 14.3 Å². The highest BCUT2D eigenvalue weighted by atomic mass is 32.2. The Labute approximate surface area is 113 Å². The number of rotatable bonds is 4. The summed E-state index contributed by atoms with van der Waals surface area (Å²) < 4.78 is 49.1. The first-order valence-electron chi connectivity index (χ1n) is 6.00. The number of hydrogen-bond donors (Lipinski definition) is 1. The molecule has 1 saturated heterocycles. The number of imidazole rings is 1. The van der Waals surface area contributed by atoms with Gasteiger partial charge in [0.25, 0.3) is 10.0 Å². The van der Waals surface area contributed by atoms with E-state index in [9.17, 15) is 16.8 Å². The molecule has 9 heteroatoms. The Morgan fingerprint density at radius 2 is 2.21 bits per heavy atom. The average Bonchev–Trinajstić information content (AvgIpc) is 2.86. The Bertz CT molecular complexity index is 663. The van der Waals surface area contributed by atoms with Crippen molar-refractivity contribution in [2.75, 3.05) is 18.1 Å². The van der Waals surface area contributed by atoms with Crippen molar-refractivity contribution in [2.24, 2.45) is 0 Å². The summed E-state index contributed by atoms with van der Waals surface area (Å²) in [5.74, 6) is 0.451. The molecule has 1 aliphatic heterocycles. The van der Waals surface area contributed by atoms with E-state index in [4.69, 9.17) is 0 Å². The predicted molar refractivity (Wildman–Crippen MR) is 69.9 cm³/mol. The lowest BCUT2D eigenvalue weighted by Crippen LogP contribution is -2.41. The Hall–Kier alpha value is -0.930. The minimum Gasteiger partial charge on any atom is -0.332 e. The summed E-state index contributed by atoms with van der Waals surface area (Å²) in [6.45, 7) is 3.60. The molecule has 1 aromatic rings. The molecule has 0 radical (unpaired) electrons. The minimum atomic E-state index is -3.71. The van der Waals surface area contributed by atoms with Gasteiger partial charge in [-0.2, -0.15) is 4.31 Å². The fraction of sp³-hybridized carbons (Fsp3) is 0.700. The monoisotopic (exact) mass is 307 g/mol. The third-order valence-corrected chi connectivity index (χ3v) is 6.88. The van der Waals surface area contributed by atoms with Crippen LogP contribution < -0.4 is 0 Å². The standard InChI is InChI=1S/C10H17N3O4S2/c1-3-13(9-4-5-18(14,15)7-9)19(16,17)10-6-11-8(2)12-10/h6,9H,3-5,7H2,1-2H3,(H,11,12). The molecule has 1 aliphatic rings. The zero-order valence-corrected chi connectivity index (χ0v) is 12.5. The zero-order chi connectivity index (χ0) is 14.3. The van der Waals surface area contributed by atoms with Crippen molar-refractivity contribution in [3.05, 3.63) is 12.0 Å². The predicted octanol–water partition coefficient (Wildman–Crippen LogP) is -0.0842. The van der Waals surface area contributed by atoms with E-state index in [1.54, 1.807) is 13.8 Å². The number of aromatic nitrogens is 2. The quantitative estimate of drug-likeness (QED) is 0.838. The number of aromatic amines is 1. The molecule has 2 heterocycles. The Kier molecular flexibility index (Phi) is 3.72. The van der Waals surface area contributed by atoms with Crippen LogP contribution in [0.5, 0.6) is 0 Å². The number of sulfonamides is 1. The zero-order valence-electron chi connectivity index (χ0n) is 10.8. The van der Waals surface area contributed by atoms with Crippen molar-refractivity contribution in [3.8, 4) is 0 Å². The van der Waals surface area contributed by atoms with Crippen LogP contribution in [0, 0.1) is 6.92 Å². The van der Waals surface area contributed by atoms with Crippen LogP contribution in [0.2, 0.25) is 0 Å². The van der Waals surface area contributed by atoms with Gasteiger partial charge in [0.05, 0.1) is 17.7 Å². The first-order valence-corrected chi connectivity index (χ1v) is 9.26. The average molecular weight is 307 g/mol. The van der Waals surface area contributed by atoms with E-state index >= 15 is 0 Å². The van der Waals surface area contributed by atoms with Gasteiger partial charge in [0.2, 0.25) is 0 Å². The van der Waals surface area contributed by atoms with Crippen molar-refractivity contribution in [2.45, 2.75) is 31.3 Å². The van der Waals surface area contributed by atoms with Crippen LogP contribution in [-0.4, -0.2) is 55.2 Å².